The topological polar surface area (TPSA) is 56.8 Å². The number of ether oxygens (including phenoxy) is 3. The second kappa shape index (κ2) is 9.46. The summed E-state index contributed by atoms with van der Waals surface area (Å²) in [4.78, 5) is 12.8. The van der Waals surface area contributed by atoms with Gasteiger partial charge in [0.2, 0.25) is 0 Å². The van der Waals surface area contributed by atoms with Gasteiger partial charge in [-0.25, -0.2) is 0 Å². The van der Waals surface area contributed by atoms with Crippen LogP contribution >= 0.6 is 0 Å². The first-order valence-corrected chi connectivity index (χ1v) is 9.13. The van der Waals surface area contributed by atoms with Gasteiger partial charge in [0.15, 0.2) is 11.9 Å². The van der Waals surface area contributed by atoms with Crippen molar-refractivity contribution in [2.24, 2.45) is 0 Å². The van der Waals surface area contributed by atoms with Gasteiger partial charge in [0.05, 0.1) is 12.8 Å². The van der Waals surface area contributed by atoms with E-state index in [0.29, 0.717) is 35.1 Å². The summed E-state index contributed by atoms with van der Waals surface area (Å²) in [5.41, 5.74) is 0.587. The van der Waals surface area contributed by atoms with Gasteiger partial charge >= 0.3 is 0 Å². The quantitative estimate of drug-likeness (QED) is 0.580. The monoisotopic (exact) mass is 377 g/mol. The largest absolute Gasteiger partial charge is 0.497 e. The van der Waals surface area contributed by atoms with E-state index in [9.17, 15) is 4.79 Å². The van der Waals surface area contributed by atoms with Crippen LogP contribution in [0.3, 0.4) is 0 Å². The van der Waals surface area contributed by atoms with Crippen molar-refractivity contribution in [3.8, 4) is 23.0 Å². The van der Waals surface area contributed by atoms with Crippen LogP contribution in [0, 0.1) is 0 Å². The molecule has 0 spiro atoms. The normalized spacial score (nSPS) is 11.4. The van der Waals surface area contributed by atoms with Gasteiger partial charge in [0, 0.05) is 6.07 Å². The fourth-order valence-electron chi connectivity index (χ4n) is 2.65. The van der Waals surface area contributed by atoms with Crippen LogP contribution in [0.25, 0.3) is 0 Å². The van der Waals surface area contributed by atoms with Gasteiger partial charge in [-0.15, -0.1) is 0 Å². The smallest absolute Gasteiger partial charge is 0.265 e. The Balaban J connectivity index is 1.72. The van der Waals surface area contributed by atoms with E-state index in [1.54, 1.807) is 25.3 Å². The molecular formula is C23H23NO4. The first-order chi connectivity index (χ1) is 13.7. The fourth-order valence-corrected chi connectivity index (χ4v) is 2.65. The number of amides is 1. The minimum atomic E-state index is -0.642. The lowest BCUT2D eigenvalue weighted by molar-refractivity contribution is -0.122. The molecule has 1 amide bonds. The molecule has 0 saturated carbocycles. The van der Waals surface area contributed by atoms with E-state index in [4.69, 9.17) is 14.2 Å². The minimum absolute atomic E-state index is 0.241. The van der Waals surface area contributed by atoms with Gasteiger partial charge in [-0.05, 0) is 42.8 Å². The highest BCUT2D eigenvalue weighted by molar-refractivity contribution is 5.95. The highest BCUT2D eigenvalue weighted by Crippen LogP contribution is 2.29. The van der Waals surface area contributed by atoms with E-state index in [1.807, 2.05) is 67.6 Å². The predicted octanol–water partition coefficient (Wildman–Crippen LogP) is 5.28. The maximum atomic E-state index is 12.8. The predicted molar refractivity (Wildman–Crippen MR) is 109 cm³/mol. The van der Waals surface area contributed by atoms with Crippen LogP contribution in [-0.4, -0.2) is 19.1 Å². The molecule has 0 aromatic heterocycles. The van der Waals surface area contributed by atoms with Crippen molar-refractivity contribution in [2.45, 2.75) is 19.4 Å². The molecule has 5 nitrogen and oxygen atoms in total. The molecule has 0 saturated heterocycles. The first-order valence-electron chi connectivity index (χ1n) is 9.13. The molecule has 3 aromatic rings. The number of hydrogen-bond acceptors (Lipinski definition) is 4. The molecule has 28 heavy (non-hydrogen) atoms. The fraction of sp³-hybridized carbons (Fsp3) is 0.174. The van der Waals surface area contributed by atoms with Crippen molar-refractivity contribution >= 4 is 11.6 Å². The molecule has 1 atom stereocenters. The van der Waals surface area contributed by atoms with Crippen molar-refractivity contribution in [1.29, 1.82) is 0 Å². The van der Waals surface area contributed by atoms with E-state index >= 15 is 0 Å². The first kappa shape index (κ1) is 19.3. The van der Waals surface area contributed by atoms with Gasteiger partial charge in [0.25, 0.3) is 5.91 Å². The second-order valence-electron chi connectivity index (χ2n) is 6.09. The summed E-state index contributed by atoms with van der Waals surface area (Å²) in [6.45, 7) is 1.90. The second-order valence-corrected chi connectivity index (χ2v) is 6.09. The van der Waals surface area contributed by atoms with Gasteiger partial charge in [0.1, 0.15) is 17.2 Å². The Morgan fingerprint density at radius 1 is 0.893 bits per heavy atom. The maximum Gasteiger partial charge on any atom is 0.265 e. The number of benzene rings is 3. The van der Waals surface area contributed by atoms with Crippen LogP contribution in [0.5, 0.6) is 23.0 Å². The molecular weight excluding hydrogens is 354 g/mol. The molecule has 144 valence electrons. The van der Waals surface area contributed by atoms with Crippen molar-refractivity contribution in [1.82, 2.24) is 0 Å². The van der Waals surface area contributed by atoms with E-state index < -0.39 is 6.10 Å². The third kappa shape index (κ3) is 5.04. The van der Waals surface area contributed by atoms with Crippen molar-refractivity contribution < 1.29 is 19.0 Å². The molecule has 1 N–H and O–H groups in total. The maximum absolute atomic E-state index is 12.8. The highest BCUT2D eigenvalue weighted by Gasteiger charge is 2.20. The summed E-state index contributed by atoms with van der Waals surface area (Å²) in [5, 5.41) is 2.91. The number of hydrogen-bond donors (Lipinski definition) is 1. The molecule has 1 unspecified atom stereocenters. The van der Waals surface area contributed by atoms with Crippen LogP contribution < -0.4 is 19.5 Å². The summed E-state index contributed by atoms with van der Waals surface area (Å²) in [7, 11) is 1.59. The molecule has 5 heteroatoms. The van der Waals surface area contributed by atoms with E-state index in [2.05, 4.69) is 5.32 Å². The number of rotatable bonds is 8. The van der Waals surface area contributed by atoms with Gasteiger partial charge < -0.3 is 19.5 Å². The number of carbonyl (C=O) groups is 1. The van der Waals surface area contributed by atoms with E-state index in [1.165, 1.54) is 0 Å². The number of nitrogens with one attached hydrogen (secondary N) is 1. The highest BCUT2D eigenvalue weighted by atomic mass is 16.5. The lowest BCUT2D eigenvalue weighted by atomic mass is 10.2. The zero-order chi connectivity index (χ0) is 19.8. The summed E-state index contributed by atoms with van der Waals surface area (Å²) >= 11 is 0. The lowest BCUT2D eigenvalue weighted by Gasteiger charge is -2.19. The SMILES string of the molecule is CCC(Oc1cccc(OC)c1)C(=O)Nc1ccccc1Oc1ccccc1. The zero-order valence-corrected chi connectivity index (χ0v) is 15.9. The third-order valence-electron chi connectivity index (χ3n) is 4.10. The summed E-state index contributed by atoms with van der Waals surface area (Å²) < 4.78 is 17.0. The Labute approximate surface area is 164 Å². The summed E-state index contributed by atoms with van der Waals surface area (Å²) in [6, 6.07) is 23.9. The third-order valence-corrected chi connectivity index (χ3v) is 4.10. The number of para-hydroxylation sites is 3. The van der Waals surface area contributed by atoms with Crippen LogP contribution in [0.2, 0.25) is 0 Å². The average molecular weight is 377 g/mol. The Morgan fingerprint density at radius 3 is 2.32 bits per heavy atom. The van der Waals surface area contributed by atoms with Crippen molar-refractivity contribution in [2.75, 3.05) is 12.4 Å². The van der Waals surface area contributed by atoms with Crippen LogP contribution in [0.4, 0.5) is 5.69 Å². The zero-order valence-electron chi connectivity index (χ0n) is 15.9. The van der Waals surface area contributed by atoms with Crippen LogP contribution in [0.15, 0.2) is 78.9 Å². The number of methoxy groups -OCH3 is 1. The van der Waals surface area contributed by atoms with Crippen molar-refractivity contribution in [3.05, 3.63) is 78.9 Å². The summed E-state index contributed by atoms with van der Waals surface area (Å²) in [5.74, 6) is 2.28. The molecule has 3 aromatic carbocycles. The van der Waals surface area contributed by atoms with Gasteiger partial charge in [-0.1, -0.05) is 43.3 Å². The molecule has 0 heterocycles. The van der Waals surface area contributed by atoms with Crippen LogP contribution in [-0.2, 0) is 4.79 Å². The Hall–Kier alpha value is -3.47. The molecule has 0 bridgehead atoms. The number of anilines is 1. The molecule has 0 radical (unpaired) electrons. The Kier molecular flexibility index (Phi) is 6.52. The Morgan fingerprint density at radius 2 is 1.57 bits per heavy atom. The average Bonchev–Trinajstić information content (AvgIpc) is 2.74. The minimum Gasteiger partial charge on any atom is -0.497 e. The van der Waals surface area contributed by atoms with Crippen LogP contribution in [0.1, 0.15) is 13.3 Å². The molecule has 3 rings (SSSR count). The molecule has 0 aliphatic rings. The van der Waals surface area contributed by atoms with Gasteiger partial charge in [-0.2, -0.15) is 0 Å². The standard InChI is InChI=1S/C23H23NO4/c1-3-21(28-19-13-9-12-18(16-19)26-2)23(25)24-20-14-7-8-15-22(20)27-17-10-5-4-6-11-17/h4-16,21H,3H2,1-2H3,(H,24,25). The Bertz CT molecular complexity index is 911. The van der Waals surface area contributed by atoms with Crippen molar-refractivity contribution in [3.63, 3.8) is 0 Å². The van der Waals surface area contributed by atoms with E-state index in [-0.39, 0.29) is 5.91 Å². The van der Waals surface area contributed by atoms with Gasteiger partial charge in [-0.3, -0.25) is 4.79 Å². The van der Waals surface area contributed by atoms with E-state index in [0.717, 1.165) is 0 Å². The summed E-state index contributed by atoms with van der Waals surface area (Å²) in [6.07, 6.45) is -0.123. The molecule has 0 fully saturated rings. The molecule has 0 aliphatic heterocycles. The molecule has 0 aliphatic carbocycles. The lowest BCUT2D eigenvalue weighted by Crippen LogP contribution is -2.32. The number of carbonyl (C=O) groups excluding carboxylic acids is 1.